The van der Waals surface area contributed by atoms with Gasteiger partial charge in [-0.1, -0.05) is 26.0 Å². The molecule has 2 rings (SSSR count). The minimum atomic E-state index is 0.612. The van der Waals surface area contributed by atoms with Crippen molar-refractivity contribution in [3.8, 4) is 0 Å². The number of fused-ring (bicyclic) bond motifs is 1. The summed E-state index contributed by atoms with van der Waals surface area (Å²) in [4.78, 5) is 0. The number of rotatable bonds is 2. The van der Waals surface area contributed by atoms with Crippen molar-refractivity contribution in [2.75, 3.05) is 0 Å². The Labute approximate surface area is 78.0 Å². The molecule has 0 saturated heterocycles. The summed E-state index contributed by atoms with van der Waals surface area (Å²) in [5.74, 6) is 0.612. The number of hydrogen-bond acceptors (Lipinski definition) is 1. The first-order valence-electron chi connectivity index (χ1n) is 4.75. The van der Waals surface area contributed by atoms with Crippen molar-refractivity contribution in [2.24, 2.45) is 0 Å². The number of H-pyrrole nitrogens is 1. The normalized spacial score (nSPS) is 13.4. The predicted octanol–water partition coefficient (Wildman–Crippen LogP) is 3.08. The van der Waals surface area contributed by atoms with Crippen molar-refractivity contribution in [3.63, 3.8) is 0 Å². The molecule has 0 saturated carbocycles. The molecular formula is C11H14N2. The Hall–Kier alpha value is -1.31. The zero-order valence-corrected chi connectivity index (χ0v) is 8.04. The fraction of sp³-hybridized carbons (Fsp3) is 0.364. The molecule has 1 unspecified atom stereocenters. The third kappa shape index (κ3) is 1.32. The summed E-state index contributed by atoms with van der Waals surface area (Å²) in [6, 6.07) is 6.34. The minimum absolute atomic E-state index is 0.612. The van der Waals surface area contributed by atoms with Crippen LogP contribution in [0.15, 0.2) is 24.4 Å². The molecule has 0 aliphatic heterocycles. The number of hydrogen-bond donors (Lipinski definition) is 1. The molecular weight excluding hydrogens is 160 g/mol. The molecule has 2 nitrogen and oxygen atoms in total. The van der Waals surface area contributed by atoms with E-state index in [1.54, 1.807) is 0 Å². The van der Waals surface area contributed by atoms with Gasteiger partial charge in [0.05, 0.1) is 11.7 Å². The highest BCUT2D eigenvalue weighted by Gasteiger charge is 2.07. The van der Waals surface area contributed by atoms with Crippen LogP contribution in [0, 0.1) is 0 Å². The number of aromatic amines is 1. The van der Waals surface area contributed by atoms with Gasteiger partial charge in [0.1, 0.15) is 0 Å². The van der Waals surface area contributed by atoms with Gasteiger partial charge in [-0.3, -0.25) is 5.10 Å². The molecule has 0 aliphatic carbocycles. The predicted molar refractivity (Wildman–Crippen MR) is 54.8 cm³/mol. The van der Waals surface area contributed by atoms with Crippen molar-refractivity contribution in [1.29, 1.82) is 0 Å². The Balaban J connectivity index is 2.60. The van der Waals surface area contributed by atoms with Crippen LogP contribution in [0.3, 0.4) is 0 Å². The van der Waals surface area contributed by atoms with Gasteiger partial charge in [0, 0.05) is 5.39 Å². The molecule has 0 bridgehead atoms. The Morgan fingerprint density at radius 1 is 1.46 bits per heavy atom. The lowest BCUT2D eigenvalue weighted by atomic mass is 9.96. The molecule has 1 atom stereocenters. The Morgan fingerprint density at radius 3 is 3.08 bits per heavy atom. The number of aromatic nitrogens is 2. The van der Waals surface area contributed by atoms with E-state index in [2.05, 4.69) is 42.2 Å². The molecule has 0 fully saturated rings. The molecule has 0 amide bonds. The van der Waals surface area contributed by atoms with E-state index in [9.17, 15) is 0 Å². The lowest BCUT2D eigenvalue weighted by molar-refractivity contribution is 0.740. The standard InChI is InChI=1S/C11H14N2/c1-3-8(2)9-5-4-6-11-10(9)7-12-13-11/h4-8H,3H2,1-2H3,(H,12,13). The molecule has 13 heavy (non-hydrogen) atoms. The Bertz CT molecular complexity index is 403. The molecule has 0 spiro atoms. The van der Waals surface area contributed by atoms with Crippen LogP contribution in [0.2, 0.25) is 0 Å². The third-order valence-electron chi connectivity index (χ3n) is 2.66. The monoisotopic (exact) mass is 174 g/mol. The third-order valence-corrected chi connectivity index (χ3v) is 2.66. The summed E-state index contributed by atoms with van der Waals surface area (Å²) in [6.45, 7) is 4.46. The van der Waals surface area contributed by atoms with Crippen LogP contribution in [0.1, 0.15) is 31.7 Å². The van der Waals surface area contributed by atoms with Gasteiger partial charge >= 0.3 is 0 Å². The number of nitrogens with zero attached hydrogens (tertiary/aromatic N) is 1. The topological polar surface area (TPSA) is 28.7 Å². The molecule has 0 radical (unpaired) electrons. The number of benzene rings is 1. The highest BCUT2D eigenvalue weighted by atomic mass is 15.1. The summed E-state index contributed by atoms with van der Waals surface area (Å²) < 4.78 is 0. The van der Waals surface area contributed by atoms with Crippen LogP contribution < -0.4 is 0 Å². The zero-order valence-electron chi connectivity index (χ0n) is 8.04. The quantitative estimate of drug-likeness (QED) is 0.744. The summed E-state index contributed by atoms with van der Waals surface area (Å²) in [5, 5.41) is 8.30. The fourth-order valence-electron chi connectivity index (χ4n) is 1.64. The lowest BCUT2D eigenvalue weighted by Crippen LogP contribution is -1.91. The second kappa shape index (κ2) is 3.21. The van der Waals surface area contributed by atoms with E-state index in [0.29, 0.717) is 5.92 Å². The van der Waals surface area contributed by atoms with Gasteiger partial charge in [-0.15, -0.1) is 0 Å². The van der Waals surface area contributed by atoms with Crippen molar-refractivity contribution < 1.29 is 0 Å². The fourth-order valence-corrected chi connectivity index (χ4v) is 1.64. The lowest BCUT2D eigenvalue weighted by Gasteiger charge is -2.09. The van der Waals surface area contributed by atoms with Crippen LogP contribution in [0.4, 0.5) is 0 Å². The van der Waals surface area contributed by atoms with Gasteiger partial charge in [-0.25, -0.2) is 0 Å². The summed E-state index contributed by atoms with van der Waals surface area (Å²) >= 11 is 0. The maximum atomic E-state index is 4.05. The van der Waals surface area contributed by atoms with Crippen molar-refractivity contribution in [1.82, 2.24) is 10.2 Å². The summed E-state index contributed by atoms with van der Waals surface area (Å²) in [6.07, 6.45) is 3.08. The molecule has 1 heterocycles. The van der Waals surface area contributed by atoms with Gasteiger partial charge in [-0.2, -0.15) is 5.10 Å². The highest BCUT2D eigenvalue weighted by Crippen LogP contribution is 2.25. The highest BCUT2D eigenvalue weighted by molar-refractivity contribution is 5.82. The van der Waals surface area contributed by atoms with Crippen LogP contribution >= 0.6 is 0 Å². The van der Waals surface area contributed by atoms with E-state index < -0.39 is 0 Å². The van der Waals surface area contributed by atoms with Crippen LogP contribution in [-0.4, -0.2) is 10.2 Å². The molecule has 68 valence electrons. The molecule has 2 aromatic rings. The maximum Gasteiger partial charge on any atom is 0.0653 e. The zero-order chi connectivity index (χ0) is 9.26. The van der Waals surface area contributed by atoms with Gasteiger partial charge in [0.25, 0.3) is 0 Å². The largest absolute Gasteiger partial charge is 0.278 e. The molecule has 1 aromatic heterocycles. The maximum absolute atomic E-state index is 4.05. The first-order chi connectivity index (χ1) is 6.33. The molecule has 2 heteroatoms. The average molecular weight is 174 g/mol. The van der Waals surface area contributed by atoms with E-state index in [0.717, 1.165) is 5.52 Å². The van der Waals surface area contributed by atoms with Gasteiger partial charge in [0.15, 0.2) is 0 Å². The van der Waals surface area contributed by atoms with Crippen molar-refractivity contribution in [2.45, 2.75) is 26.2 Å². The van der Waals surface area contributed by atoms with E-state index >= 15 is 0 Å². The Kier molecular flexibility index (Phi) is 2.05. The van der Waals surface area contributed by atoms with E-state index in [1.807, 2.05) is 6.20 Å². The van der Waals surface area contributed by atoms with Crippen LogP contribution in [-0.2, 0) is 0 Å². The second-order valence-electron chi connectivity index (χ2n) is 3.49. The first-order valence-corrected chi connectivity index (χ1v) is 4.75. The van der Waals surface area contributed by atoms with Gasteiger partial charge in [0.2, 0.25) is 0 Å². The minimum Gasteiger partial charge on any atom is -0.278 e. The molecule has 1 aromatic carbocycles. The molecule has 1 N–H and O–H groups in total. The van der Waals surface area contributed by atoms with Crippen molar-refractivity contribution >= 4 is 10.9 Å². The smallest absolute Gasteiger partial charge is 0.0653 e. The van der Waals surface area contributed by atoms with Gasteiger partial charge < -0.3 is 0 Å². The van der Waals surface area contributed by atoms with E-state index in [-0.39, 0.29) is 0 Å². The Morgan fingerprint density at radius 2 is 2.31 bits per heavy atom. The average Bonchev–Trinajstić information content (AvgIpc) is 2.63. The SMILES string of the molecule is CCC(C)c1cccc2[nH]ncc12. The van der Waals surface area contributed by atoms with E-state index in [4.69, 9.17) is 0 Å². The summed E-state index contributed by atoms with van der Waals surface area (Å²) in [7, 11) is 0. The van der Waals surface area contributed by atoms with Crippen LogP contribution in [0.5, 0.6) is 0 Å². The van der Waals surface area contributed by atoms with E-state index in [1.165, 1.54) is 17.4 Å². The van der Waals surface area contributed by atoms with Crippen LogP contribution in [0.25, 0.3) is 10.9 Å². The molecule has 0 aliphatic rings. The first kappa shape index (κ1) is 8.30. The van der Waals surface area contributed by atoms with Gasteiger partial charge in [-0.05, 0) is 24.0 Å². The summed E-state index contributed by atoms with van der Waals surface area (Å²) in [5.41, 5.74) is 2.53. The number of nitrogens with one attached hydrogen (secondary N) is 1. The second-order valence-corrected chi connectivity index (χ2v) is 3.49. The van der Waals surface area contributed by atoms with Crippen molar-refractivity contribution in [3.05, 3.63) is 30.0 Å².